The molecule has 0 bridgehead atoms. The summed E-state index contributed by atoms with van der Waals surface area (Å²) in [6.45, 7) is 6.38. The smallest absolute Gasteiger partial charge is 0.225 e. The normalized spacial score (nSPS) is 10.4. The van der Waals surface area contributed by atoms with Gasteiger partial charge in [0.25, 0.3) is 0 Å². The van der Waals surface area contributed by atoms with E-state index in [1.807, 2.05) is 45.0 Å². The lowest BCUT2D eigenvalue weighted by atomic mass is 10.2. The maximum Gasteiger partial charge on any atom is 0.225 e. The van der Waals surface area contributed by atoms with E-state index in [1.54, 1.807) is 0 Å². The fourth-order valence-corrected chi connectivity index (χ4v) is 1.93. The highest BCUT2D eigenvalue weighted by atomic mass is 16.5. The summed E-state index contributed by atoms with van der Waals surface area (Å²) in [5.41, 5.74) is 3.04. The van der Waals surface area contributed by atoms with Crippen LogP contribution in [0.2, 0.25) is 0 Å². The van der Waals surface area contributed by atoms with E-state index in [-0.39, 0.29) is 5.91 Å². The SMILES string of the molecule is Cc1ccccc1OCCCC(=O)Nc1n[nH]c(C)c1C. The second-order valence-electron chi connectivity index (χ2n) is 5.09. The zero-order chi connectivity index (χ0) is 15.2. The van der Waals surface area contributed by atoms with Crippen molar-refractivity contribution in [2.24, 2.45) is 0 Å². The number of rotatable bonds is 6. The first kappa shape index (κ1) is 15.1. The van der Waals surface area contributed by atoms with Crippen LogP contribution in [0.3, 0.4) is 0 Å². The highest BCUT2D eigenvalue weighted by Crippen LogP contribution is 2.17. The topological polar surface area (TPSA) is 67.0 Å². The van der Waals surface area contributed by atoms with Crippen LogP contribution in [0.15, 0.2) is 24.3 Å². The third-order valence-electron chi connectivity index (χ3n) is 3.41. The van der Waals surface area contributed by atoms with Gasteiger partial charge in [0, 0.05) is 17.7 Å². The van der Waals surface area contributed by atoms with Crippen LogP contribution < -0.4 is 10.1 Å². The van der Waals surface area contributed by atoms with Gasteiger partial charge in [0.05, 0.1) is 6.61 Å². The van der Waals surface area contributed by atoms with Crippen LogP contribution in [-0.2, 0) is 4.79 Å². The number of para-hydroxylation sites is 1. The molecule has 112 valence electrons. The van der Waals surface area contributed by atoms with Crippen molar-refractivity contribution in [1.29, 1.82) is 0 Å². The van der Waals surface area contributed by atoms with Gasteiger partial charge in [-0.05, 0) is 38.8 Å². The molecule has 0 aliphatic heterocycles. The van der Waals surface area contributed by atoms with E-state index >= 15 is 0 Å². The molecule has 0 unspecified atom stereocenters. The maximum atomic E-state index is 11.8. The van der Waals surface area contributed by atoms with Crippen molar-refractivity contribution in [3.8, 4) is 5.75 Å². The van der Waals surface area contributed by atoms with Crippen LogP contribution in [-0.4, -0.2) is 22.7 Å². The van der Waals surface area contributed by atoms with E-state index in [2.05, 4.69) is 15.5 Å². The summed E-state index contributed by atoms with van der Waals surface area (Å²) >= 11 is 0. The summed E-state index contributed by atoms with van der Waals surface area (Å²) in [6, 6.07) is 7.86. The van der Waals surface area contributed by atoms with Gasteiger partial charge in [-0.15, -0.1) is 0 Å². The largest absolute Gasteiger partial charge is 0.493 e. The number of carbonyl (C=O) groups excluding carboxylic acids is 1. The summed E-state index contributed by atoms with van der Waals surface area (Å²) in [5.74, 6) is 1.44. The van der Waals surface area contributed by atoms with E-state index in [9.17, 15) is 4.79 Å². The fourth-order valence-electron chi connectivity index (χ4n) is 1.93. The number of benzene rings is 1. The molecule has 2 rings (SSSR count). The number of aromatic amines is 1. The Bertz CT molecular complexity index is 620. The van der Waals surface area contributed by atoms with Crippen molar-refractivity contribution >= 4 is 11.7 Å². The first-order valence-corrected chi connectivity index (χ1v) is 7.08. The van der Waals surface area contributed by atoms with Crippen LogP contribution in [0.4, 0.5) is 5.82 Å². The summed E-state index contributed by atoms with van der Waals surface area (Å²) in [4.78, 5) is 11.8. The number of nitrogens with one attached hydrogen (secondary N) is 2. The number of anilines is 1. The van der Waals surface area contributed by atoms with Gasteiger partial charge in [0.15, 0.2) is 5.82 Å². The molecular formula is C16H21N3O2. The Morgan fingerprint density at radius 1 is 1.29 bits per heavy atom. The van der Waals surface area contributed by atoms with Crippen LogP contribution in [0, 0.1) is 20.8 Å². The van der Waals surface area contributed by atoms with E-state index in [1.165, 1.54) is 0 Å². The highest BCUT2D eigenvalue weighted by Gasteiger charge is 2.09. The molecular weight excluding hydrogens is 266 g/mol. The molecule has 0 fully saturated rings. The molecule has 0 saturated heterocycles. The molecule has 0 aliphatic carbocycles. The number of hydrogen-bond donors (Lipinski definition) is 2. The van der Waals surface area contributed by atoms with Crippen molar-refractivity contribution in [1.82, 2.24) is 10.2 Å². The number of nitrogens with zero attached hydrogens (tertiary/aromatic N) is 1. The van der Waals surface area contributed by atoms with Crippen molar-refractivity contribution in [2.75, 3.05) is 11.9 Å². The summed E-state index contributed by atoms with van der Waals surface area (Å²) in [5, 5.41) is 9.71. The minimum atomic E-state index is -0.0435. The summed E-state index contributed by atoms with van der Waals surface area (Å²) in [7, 11) is 0. The lowest BCUT2D eigenvalue weighted by Crippen LogP contribution is -2.13. The first-order valence-electron chi connectivity index (χ1n) is 7.08. The predicted octanol–water partition coefficient (Wildman–Crippen LogP) is 3.13. The molecule has 0 radical (unpaired) electrons. The summed E-state index contributed by atoms with van der Waals surface area (Å²) in [6.07, 6.45) is 1.08. The third-order valence-corrected chi connectivity index (χ3v) is 3.41. The Morgan fingerprint density at radius 2 is 2.05 bits per heavy atom. The zero-order valence-electron chi connectivity index (χ0n) is 12.7. The average molecular weight is 287 g/mol. The van der Waals surface area contributed by atoms with Crippen molar-refractivity contribution in [2.45, 2.75) is 33.6 Å². The lowest BCUT2D eigenvalue weighted by Gasteiger charge is -2.08. The number of amides is 1. The molecule has 1 aromatic carbocycles. The molecule has 5 heteroatoms. The maximum absolute atomic E-state index is 11.8. The van der Waals surface area contributed by atoms with E-state index in [4.69, 9.17) is 4.74 Å². The van der Waals surface area contributed by atoms with Crippen LogP contribution >= 0.6 is 0 Å². The van der Waals surface area contributed by atoms with Gasteiger partial charge in [0.2, 0.25) is 5.91 Å². The predicted molar refractivity (Wildman–Crippen MR) is 82.6 cm³/mol. The summed E-state index contributed by atoms with van der Waals surface area (Å²) < 4.78 is 5.66. The van der Waals surface area contributed by atoms with Gasteiger partial charge in [0.1, 0.15) is 5.75 Å². The molecule has 0 aliphatic rings. The van der Waals surface area contributed by atoms with Gasteiger partial charge in [-0.3, -0.25) is 9.89 Å². The molecule has 0 saturated carbocycles. The lowest BCUT2D eigenvalue weighted by molar-refractivity contribution is -0.116. The van der Waals surface area contributed by atoms with Gasteiger partial charge in [-0.2, -0.15) is 5.10 Å². The Labute approximate surface area is 124 Å². The Morgan fingerprint density at radius 3 is 2.71 bits per heavy atom. The second-order valence-corrected chi connectivity index (χ2v) is 5.09. The minimum absolute atomic E-state index is 0.0435. The van der Waals surface area contributed by atoms with Crippen LogP contribution in [0.1, 0.15) is 29.7 Å². The molecule has 1 aromatic heterocycles. The van der Waals surface area contributed by atoms with Crippen LogP contribution in [0.5, 0.6) is 5.75 Å². The quantitative estimate of drug-likeness (QED) is 0.802. The Kier molecular flexibility index (Phi) is 4.98. The number of aryl methyl sites for hydroxylation is 2. The van der Waals surface area contributed by atoms with Gasteiger partial charge >= 0.3 is 0 Å². The number of carbonyl (C=O) groups is 1. The molecule has 0 atom stereocenters. The third kappa shape index (κ3) is 4.08. The van der Waals surface area contributed by atoms with Gasteiger partial charge < -0.3 is 10.1 Å². The van der Waals surface area contributed by atoms with Crippen molar-refractivity contribution in [3.63, 3.8) is 0 Å². The number of ether oxygens (including phenoxy) is 1. The Balaban J connectivity index is 1.73. The monoisotopic (exact) mass is 287 g/mol. The van der Waals surface area contributed by atoms with E-state index in [0.29, 0.717) is 25.3 Å². The highest BCUT2D eigenvalue weighted by molar-refractivity contribution is 5.90. The molecule has 1 amide bonds. The second kappa shape index (κ2) is 6.92. The van der Waals surface area contributed by atoms with E-state index < -0.39 is 0 Å². The molecule has 0 spiro atoms. The van der Waals surface area contributed by atoms with E-state index in [0.717, 1.165) is 22.6 Å². The number of aromatic nitrogens is 2. The van der Waals surface area contributed by atoms with Gasteiger partial charge in [-0.25, -0.2) is 0 Å². The first-order chi connectivity index (χ1) is 10.1. The molecule has 2 N–H and O–H groups in total. The van der Waals surface area contributed by atoms with Gasteiger partial charge in [-0.1, -0.05) is 18.2 Å². The molecule has 2 aromatic rings. The fraction of sp³-hybridized carbons (Fsp3) is 0.375. The molecule has 1 heterocycles. The van der Waals surface area contributed by atoms with Crippen LogP contribution in [0.25, 0.3) is 0 Å². The minimum Gasteiger partial charge on any atom is -0.493 e. The van der Waals surface area contributed by atoms with Crippen molar-refractivity contribution in [3.05, 3.63) is 41.1 Å². The number of hydrogen-bond acceptors (Lipinski definition) is 3. The van der Waals surface area contributed by atoms with Crippen molar-refractivity contribution < 1.29 is 9.53 Å². The molecule has 5 nitrogen and oxygen atoms in total. The average Bonchev–Trinajstić information content (AvgIpc) is 2.77. The molecule has 21 heavy (non-hydrogen) atoms. The zero-order valence-corrected chi connectivity index (χ0v) is 12.7. The standard InChI is InChI=1S/C16H21N3O2/c1-11-7-4-5-8-14(11)21-10-6-9-15(20)17-16-12(2)13(3)18-19-16/h4-5,7-8H,6,9-10H2,1-3H3,(H2,17,18,19,20). The number of H-pyrrole nitrogens is 1. The Hall–Kier alpha value is -2.30.